The summed E-state index contributed by atoms with van der Waals surface area (Å²) in [6.45, 7) is 2.54. The van der Waals surface area contributed by atoms with Gasteiger partial charge in [-0.25, -0.2) is 0 Å². The van der Waals surface area contributed by atoms with Gasteiger partial charge < -0.3 is 19.5 Å². The average Bonchev–Trinajstić information content (AvgIpc) is 2.34. The van der Waals surface area contributed by atoms with Gasteiger partial charge in [0, 0.05) is 26.8 Å². The minimum absolute atomic E-state index is 0.142. The first-order chi connectivity index (χ1) is 8.58. The second-order valence-corrected chi connectivity index (χ2v) is 5.07. The first-order valence-corrected chi connectivity index (χ1v) is 6.60. The van der Waals surface area contributed by atoms with E-state index in [0.717, 1.165) is 31.7 Å². The van der Waals surface area contributed by atoms with Crippen LogP contribution in [0, 0.1) is 0 Å². The van der Waals surface area contributed by atoms with Gasteiger partial charge in [-0.2, -0.15) is 0 Å². The van der Waals surface area contributed by atoms with Crippen molar-refractivity contribution in [1.82, 2.24) is 4.90 Å². The third-order valence-electron chi connectivity index (χ3n) is 2.65. The fraction of sp³-hybridized carbons (Fsp3) is 0.538. The third-order valence-corrected chi connectivity index (χ3v) is 3.25. The van der Waals surface area contributed by atoms with Gasteiger partial charge in [-0.05, 0) is 47.1 Å². The second kappa shape index (κ2) is 7.61. The van der Waals surface area contributed by atoms with Crippen LogP contribution >= 0.6 is 15.9 Å². The molecule has 5 heteroatoms. The van der Waals surface area contributed by atoms with Crippen LogP contribution in [0.15, 0.2) is 16.6 Å². The van der Waals surface area contributed by atoms with E-state index < -0.39 is 0 Å². The maximum absolute atomic E-state index is 9.73. The number of hydrogen-bond acceptors (Lipinski definition) is 4. The molecule has 0 aliphatic carbocycles. The van der Waals surface area contributed by atoms with Crippen LogP contribution in [0.4, 0.5) is 0 Å². The van der Waals surface area contributed by atoms with Crippen LogP contribution in [-0.2, 0) is 11.3 Å². The van der Waals surface area contributed by atoms with Crippen LogP contribution in [-0.4, -0.2) is 44.4 Å². The van der Waals surface area contributed by atoms with Crippen molar-refractivity contribution in [3.05, 3.63) is 22.2 Å². The van der Waals surface area contributed by atoms with Crippen molar-refractivity contribution in [3.63, 3.8) is 0 Å². The number of aromatic hydroxyl groups is 1. The lowest BCUT2D eigenvalue weighted by atomic mass is 10.2. The lowest BCUT2D eigenvalue weighted by Crippen LogP contribution is -2.20. The van der Waals surface area contributed by atoms with Crippen LogP contribution in [0.1, 0.15) is 12.0 Å². The Morgan fingerprint density at radius 3 is 2.67 bits per heavy atom. The van der Waals surface area contributed by atoms with Gasteiger partial charge in [0.25, 0.3) is 0 Å². The highest BCUT2D eigenvalue weighted by atomic mass is 79.9. The van der Waals surface area contributed by atoms with Crippen LogP contribution in [0.5, 0.6) is 11.5 Å². The topological polar surface area (TPSA) is 41.9 Å². The molecule has 0 amide bonds. The Bertz CT molecular complexity index is 385. The molecule has 0 radical (unpaired) electrons. The van der Waals surface area contributed by atoms with E-state index in [-0.39, 0.29) is 5.75 Å². The maximum Gasteiger partial charge on any atom is 0.172 e. The predicted octanol–water partition coefficient (Wildman–Crippen LogP) is 2.63. The molecule has 102 valence electrons. The third kappa shape index (κ3) is 4.48. The fourth-order valence-corrected chi connectivity index (χ4v) is 2.23. The molecule has 0 saturated heterocycles. The number of phenols is 1. The molecule has 1 N–H and O–H groups in total. The molecule has 1 aromatic carbocycles. The molecule has 0 atom stereocenters. The monoisotopic (exact) mass is 317 g/mol. The van der Waals surface area contributed by atoms with Gasteiger partial charge in [-0.15, -0.1) is 0 Å². The Morgan fingerprint density at radius 2 is 2.06 bits per heavy atom. The largest absolute Gasteiger partial charge is 0.503 e. The number of methoxy groups -OCH3 is 2. The highest BCUT2D eigenvalue weighted by molar-refractivity contribution is 9.10. The number of benzene rings is 1. The number of halogens is 1. The van der Waals surface area contributed by atoms with Crippen molar-refractivity contribution in [2.24, 2.45) is 0 Å². The van der Waals surface area contributed by atoms with Crippen molar-refractivity contribution >= 4 is 15.9 Å². The lowest BCUT2D eigenvalue weighted by Gasteiger charge is -2.17. The molecule has 0 unspecified atom stereocenters. The van der Waals surface area contributed by atoms with E-state index in [4.69, 9.17) is 9.47 Å². The van der Waals surface area contributed by atoms with Crippen LogP contribution in [0.25, 0.3) is 0 Å². The Hall–Kier alpha value is -0.780. The van der Waals surface area contributed by atoms with Gasteiger partial charge in [0.2, 0.25) is 0 Å². The standard InChI is InChI=1S/C13H20BrNO3/c1-15(5-4-6-17-2)9-10-7-11(14)13(16)12(8-10)18-3/h7-8,16H,4-6,9H2,1-3H3. The molecular formula is C13H20BrNO3. The van der Waals surface area contributed by atoms with Gasteiger partial charge >= 0.3 is 0 Å². The SMILES string of the molecule is COCCCN(C)Cc1cc(Br)c(O)c(OC)c1. The normalized spacial score (nSPS) is 10.9. The van der Waals surface area contributed by atoms with E-state index in [9.17, 15) is 5.11 Å². The molecule has 0 spiro atoms. The van der Waals surface area contributed by atoms with Gasteiger partial charge in [0.05, 0.1) is 11.6 Å². The molecule has 0 bridgehead atoms. The van der Waals surface area contributed by atoms with E-state index >= 15 is 0 Å². The molecule has 0 aromatic heterocycles. The molecule has 4 nitrogen and oxygen atoms in total. The number of nitrogens with zero attached hydrogens (tertiary/aromatic N) is 1. The van der Waals surface area contributed by atoms with Crippen molar-refractivity contribution in [3.8, 4) is 11.5 Å². The minimum Gasteiger partial charge on any atom is -0.503 e. The van der Waals surface area contributed by atoms with Crippen molar-refractivity contribution < 1.29 is 14.6 Å². The minimum atomic E-state index is 0.142. The molecule has 1 aromatic rings. The fourth-order valence-electron chi connectivity index (χ4n) is 1.74. The zero-order valence-corrected chi connectivity index (χ0v) is 12.7. The summed E-state index contributed by atoms with van der Waals surface area (Å²) in [5.74, 6) is 0.632. The first-order valence-electron chi connectivity index (χ1n) is 5.81. The Labute approximate surface area is 117 Å². The summed E-state index contributed by atoms with van der Waals surface area (Å²) >= 11 is 3.32. The van der Waals surface area contributed by atoms with E-state index in [1.165, 1.54) is 0 Å². The van der Waals surface area contributed by atoms with Crippen LogP contribution in [0.2, 0.25) is 0 Å². The molecule has 0 fully saturated rings. The van der Waals surface area contributed by atoms with E-state index in [1.54, 1.807) is 14.2 Å². The molecule has 18 heavy (non-hydrogen) atoms. The highest BCUT2D eigenvalue weighted by Gasteiger charge is 2.09. The van der Waals surface area contributed by atoms with Gasteiger partial charge in [0.15, 0.2) is 11.5 Å². The smallest absolute Gasteiger partial charge is 0.172 e. The summed E-state index contributed by atoms with van der Waals surface area (Å²) in [6, 6.07) is 3.76. The Morgan fingerprint density at radius 1 is 1.33 bits per heavy atom. The summed E-state index contributed by atoms with van der Waals surface area (Å²) in [6.07, 6.45) is 1.00. The Kier molecular flexibility index (Phi) is 6.46. The highest BCUT2D eigenvalue weighted by Crippen LogP contribution is 2.35. The summed E-state index contributed by atoms with van der Waals surface area (Å²) in [5, 5.41) is 9.73. The number of phenolic OH excluding ortho intramolecular Hbond substituents is 1. The summed E-state index contributed by atoms with van der Waals surface area (Å²) in [5.41, 5.74) is 1.09. The van der Waals surface area contributed by atoms with E-state index in [0.29, 0.717) is 10.2 Å². The van der Waals surface area contributed by atoms with Crippen LogP contribution < -0.4 is 4.74 Å². The van der Waals surface area contributed by atoms with Gasteiger partial charge in [-0.3, -0.25) is 0 Å². The second-order valence-electron chi connectivity index (χ2n) is 4.21. The van der Waals surface area contributed by atoms with E-state index in [1.807, 2.05) is 12.1 Å². The maximum atomic E-state index is 9.73. The number of hydrogen-bond donors (Lipinski definition) is 1. The first kappa shape index (κ1) is 15.3. The van der Waals surface area contributed by atoms with E-state index in [2.05, 4.69) is 27.9 Å². The zero-order chi connectivity index (χ0) is 13.5. The summed E-state index contributed by atoms with van der Waals surface area (Å²) in [4.78, 5) is 2.21. The molecule has 0 aliphatic rings. The molecular weight excluding hydrogens is 298 g/mol. The summed E-state index contributed by atoms with van der Waals surface area (Å²) < 4.78 is 10.8. The molecule has 0 heterocycles. The van der Waals surface area contributed by atoms with Crippen LogP contribution in [0.3, 0.4) is 0 Å². The van der Waals surface area contributed by atoms with Crippen molar-refractivity contribution in [1.29, 1.82) is 0 Å². The van der Waals surface area contributed by atoms with Crippen molar-refractivity contribution in [2.75, 3.05) is 34.4 Å². The van der Waals surface area contributed by atoms with Crippen molar-refractivity contribution in [2.45, 2.75) is 13.0 Å². The Balaban J connectivity index is 2.64. The number of rotatable bonds is 7. The summed E-state index contributed by atoms with van der Waals surface area (Å²) in [7, 11) is 5.32. The lowest BCUT2D eigenvalue weighted by molar-refractivity contribution is 0.178. The molecule has 0 saturated carbocycles. The quantitative estimate of drug-likeness (QED) is 0.785. The van der Waals surface area contributed by atoms with Gasteiger partial charge in [-0.1, -0.05) is 0 Å². The van der Waals surface area contributed by atoms with Gasteiger partial charge in [0.1, 0.15) is 0 Å². The molecule has 0 aliphatic heterocycles. The zero-order valence-electron chi connectivity index (χ0n) is 11.1. The number of ether oxygens (including phenoxy) is 2. The predicted molar refractivity (Wildman–Crippen MR) is 75.2 cm³/mol. The molecule has 1 rings (SSSR count). The average molecular weight is 318 g/mol.